The standard InChI is InChI=1S/C26H25N5O3S/c1-17-4-10-21(11-5-17)31-25(20-8-14-23(34-3)15-9-20)29-30-26(31)35-16-24(33)28-27-18(2)19-6-12-22(32)13-7-19/h4-15,32H,16H2,1-3H3,(H,28,33). The highest BCUT2D eigenvalue weighted by Crippen LogP contribution is 2.29. The number of methoxy groups -OCH3 is 1. The average molecular weight is 488 g/mol. The fourth-order valence-electron chi connectivity index (χ4n) is 3.29. The van der Waals surface area contributed by atoms with Crippen molar-refractivity contribution in [3.63, 3.8) is 0 Å². The van der Waals surface area contributed by atoms with E-state index in [2.05, 4.69) is 20.7 Å². The number of ether oxygens (including phenoxy) is 1. The van der Waals surface area contributed by atoms with E-state index < -0.39 is 0 Å². The molecule has 4 rings (SSSR count). The maximum atomic E-state index is 12.5. The predicted octanol–water partition coefficient (Wildman–Crippen LogP) is 4.59. The summed E-state index contributed by atoms with van der Waals surface area (Å²) in [5.41, 5.74) is 6.93. The van der Waals surface area contributed by atoms with E-state index in [1.54, 1.807) is 38.3 Å². The lowest BCUT2D eigenvalue weighted by Gasteiger charge is -2.11. The molecule has 8 nitrogen and oxygen atoms in total. The van der Waals surface area contributed by atoms with E-state index in [0.29, 0.717) is 16.7 Å². The highest BCUT2D eigenvalue weighted by atomic mass is 32.2. The summed E-state index contributed by atoms with van der Waals surface area (Å²) in [6.45, 7) is 3.82. The molecule has 2 N–H and O–H groups in total. The van der Waals surface area contributed by atoms with E-state index in [1.807, 2.05) is 60.0 Å². The molecule has 0 saturated heterocycles. The first-order valence-corrected chi connectivity index (χ1v) is 11.9. The zero-order chi connectivity index (χ0) is 24.8. The van der Waals surface area contributed by atoms with Crippen LogP contribution in [0.4, 0.5) is 0 Å². The van der Waals surface area contributed by atoms with Gasteiger partial charge < -0.3 is 9.84 Å². The molecular formula is C26H25N5O3S. The second-order valence-electron chi connectivity index (χ2n) is 7.77. The zero-order valence-electron chi connectivity index (χ0n) is 19.6. The SMILES string of the molecule is COc1ccc(-c2nnc(SCC(=O)NN=C(C)c3ccc(O)cc3)n2-c2ccc(C)cc2)cc1. The number of phenolic OH excluding ortho intramolecular Hbond substituents is 1. The van der Waals surface area contributed by atoms with E-state index >= 15 is 0 Å². The van der Waals surface area contributed by atoms with Crippen molar-refractivity contribution in [2.24, 2.45) is 5.10 Å². The number of nitrogens with zero attached hydrogens (tertiary/aromatic N) is 4. The van der Waals surface area contributed by atoms with Crippen LogP contribution in [0, 0.1) is 6.92 Å². The van der Waals surface area contributed by atoms with Gasteiger partial charge in [-0.1, -0.05) is 29.5 Å². The van der Waals surface area contributed by atoms with E-state index in [4.69, 9.17) is 4.74 Å². The third kappa shape index (κ3) is 5.88. The molecule has 1 amide bonds. The lowest BCUT2D eigenvalue weighted by atomic mass is 10.1. The number of phenols is 1. The highest BCUT2D eigenvalue weighted by Gasteiger charge is 2.17. The quantitative estimate of drug-likeness (QED) is 0.214. The molecule has 1 aromatic heterocycles. The van der Waals surface area contributed by atoms with E-state index in [-0.39, 0.29) is 17.4 Å². The third-order valence-electron chi connectivity index (χ3n) is 5.24. The van der Waals surface area contributed by atoms with E-state index in [9.17, 15) is 9.90 Å². The fraction of sp³-hybridized carbons (Fsp3) is 0.154. The van der Waals surface area contributed by atoms with Gasteiger partial charge in [0.1, 0.15) is 11.5 Å². The van der Waals surface area contributed by atoms with Crippen molar-refractivity contribution in [3.8, 4) is 28.6 Å². The molecule has 178 valence electrons. The highest BCUT2D eigenvalue weighted by molar-refractivity contribution is 7.99. The number of hydrogen-bond acceptors (Lipinski definition) is 7. The lowest BCUT2D eigenvalue weighted by molar-refractivity contribution is -0.118. The van der Waals surface area contributed by atoms with Crippen molar-refractivity contribution in [3.05, 3.63) is 83.9 Å². The molecule has 0 aliphatic carbocycles. The Morgan fingerprint density at radius 1 is 1.03 bits per heavy atom. The number of amides is 1. The molecule has 35 heavy (non-hydrogen) atoms. The monoisotopic (exact) mass is 487 g/mol. The van der Waals surface area contributed by atoms with Gasteiger partial charge in [0.25, 0.3) is 5.91 Å². The summed E-state index contributed by atoms with van der Waals surface area (Å²) in [5.74, 6) is 1.44. The second kappa shape index (κ2) is 10.9. The van der Waals surface area contributed by atoms with E-state index in [0.717, 1.165) is 28.1 Å². The van der Waals surface area contributed by atoms with Crippen molar-refractivity contribution >= 4 is 23.4 Å². The molecule has 0 radical (unpaired) electrons. The number of carbonyl (C=O) groups excluding carboxylic acids is 1. The van der Waals surface area contributed by atoms with Crippen LogP contribution in [0.15, 0.2) is 83.1 Å². The third-order valence-corrected chi connectivity index (χ3v) is 6.17. The van der Waals surface area contributed by atoms with Crippen molar-refractivity contribution in [2.75, 3.05) is 12.9 Å². The Kier molecular flexibility index (Phi) is 7.47. The van der Waals surface area contributed by atoms with Crippen LogP contribution in [0.3, 0.4) is 0 Å². The topological polar surface area (TPSA) is 102 Å². The Labute approximate surface area is 207 Å². The molecular weight excluding hydrogens is 462 g/mol. The minimum atomic E-state index is -0.266. The molecule has 0 aliphatic rings. The van der Waals surface area contributed by atoms with Crippen molar-refractivity contribution in [1.82, 2.24) is 20.2 Å². The lowest BCUT2D eigenvalue weighted by Crippen LogP contribution is -2.21. The minimum Gasteiger partial charge on any atom is -0.508 e. The normalized spacial score (nSPS) is 11.3. The van der Waals surface area contributed by atoms with Gasteiger partial charge in [-0.2, -0.15) is 5.10 Å². The van der Waals surface area contributed by atoms with Gasteiger partial charge in [0.15, 0.2) is 11.0 Å². The van der Waals surface area contributed by atoms with Crippen LogP contribution in [0.25, 0.3) is 17.1 Å². The van der Waals surface area contributed by atoms with Crippen LogP contribution < -0.4 is 10.2 Å². The molecule has 4 aromatic rings. The van der Waals surface area contributed by atoms with Crippen LogP contribution in [-0.4, -0.2) is 44.4 Å². The van der Waals surface area contributed by atoms with Crippen molar-refractivity contribution < 1.29 is 14.6 Å². The molecule has 0 fully saturated rings. The summed E-state index contributed by atoms with van der Waals surface area (Å²) in [7, 11) is 1.62. The number of aromatic hydroxyl groups is 1. The summed E-state index contributed by atoms with van der Waals surface area (Å²) in [4.78, 5) is 12.5. The zero-order valence-corrected chi connectivity index (χ0v) is 20.4. The predicted molar refractivity (Wildman–Crippen MR) is 137 cm³/mol. The summed E-state index contributed by atoms with van der Waals surface area (Å²) >= 11 is 1.28. The van der Waals surface area contributed by atoms with Crippen LogP contribution >= 0.6 is 11.8 Å². The first kappa shape index (κ1) is 24.0. The van der Waals surface area contributed by atoms with Crippen LogP contribution in [0.2, 0.25) is 0 Å². The summed E-state index contributed by atoms with van der Waals surface area (Å²) < 4.78 is 7.20. The molecule has 0 bridgehead atoms. The Morgan fingerprint density at radius 3 is 2.37 bits per heavy atom. The van der Waals surface area contributed by atoms with Crippen LogP contribution in [-0.2, 0) is 4.79 Å². The van der Waals surface area contributed by atoms with Gasteiger partial charge in [-0.3, -0.25) is 9.36 Å². The number of thioether (sulfide) groups is 1. The maximum Gasteiger partial charge on any atom is 0.250 e. The molecule has 0 unspecified atom stereocenters. The number of hydrazone groups is 1. The van der Waals surface area contributed by atoms with Crippen molar-refractivity contribution in [1.29, 1.82) is 0 Å². The first-order chi connectivity index (χ1) is 16.9. The maximum absolute atomic E-state index is 12.5. The van der Waals surface area contributed by atoms with Gasteiger partial charge in [0.05, 0.1) is 18.6 Å². The Balaban J connectivity index is 1.53. The molecule has 0 spiro atoms. The van der Waals surface area contributed by atoms with Crippen LogP contribution in [0.1, 0.15) is 18.1 Å². The number of benzene rings is 3. The van der Waals surface area contributed by atoms with Gasteiger partial charge >= 0.3 is 0 Å². The largest absolute Gasteiger partial charge is 0.508 e. The number of rotatable bonds is 8. The molecule has 1 heterocycles. The van der Waals surface area contributed by atoms with Crippen molar-refractivity contribution in [2.45, 2.75) is 19.0 Å². The Bertz CT molecular complexity index is 1330. The molecule has 3 aromatic carbocycles. The molecule has 9 heteroatoms. The Hall–Kier alpha value is -4.11. The van der Waals surface area contributed by atoms with Gasteiger partial charge in [0.2, 0.25) is 0 Å². The van der Waals surface area contributed by atoms with Gasteiger partial charge in [-0.15, -0.1) is 10.2 Å². The Morgan fingerprint density at radius 2 is 1.71 bits per heavy atom. The van der Waals surface area contributed by atoms with Gasteiger partial charge in [0, 0.05) is 11.3 Å². The van der Waals surface area contributed by atoms with E-state index in [1.165, 1.54) is 11.8 Å². The smallest absolute Gasteiger partial charge is 0.250 e. The molecule has 0 aliphatic heterocycles. The summed E-state index contributed by atoms with van der Waals surface area (Å²) in [6, 6.07) is 22.3. The van der Waals surface area contributed by atoms with Gasteiger partial charge in [-0.05, 0) is 80.1 Å². The first-order valence-electron chi connectivity index (χ1n) is 10.9. The number of aryl methyl sites for hydroxylation is 1. The van der Waals surface area contributed by atoms with Crippen LogP contribution in [0.5, 0.6) is 11.5 Å². The number of hydrogen-bond donors (Lipinski definition) is 2. The number of aromatic nitrogens is 3. The molecule has 0 saturated carbocycles. The summed E-state index contributed by atoms with van der Waals surface area (Å²) in [5, 5.41) is 22.9. The second-order valence-corrected chi connectivity index (χ2v) is 8.72. The number of carbonyl (C=O) groups is 1. The minimum absolute atomic E-state index is 0.110. The molecule has 0 atom stereocenters. The fourth-order valence-corrected chi connectivity index (χ4v) is 4.04. The summed E-state index contributed by atoms with van der Waals surface area (Å²) in [6.07, 6.45) is 0. The average Bonchev–Trinajstić information content (AvgIpc) is 3.31. The van der Waals surface area contributed by atoms with Gasteiger partial charge in [-0.25, -0.2) is 5.43 Å². The number of nitrogens with one attached hydrogen (secondary N) is 1.